The smallest absolute Gasteiger partial charge is 0.374 e. The lowest BCUT2D eigenvalue weighted by Crippen LogP contribution is -2.46. The molecule has 1 heterocycles. The van der Waals surface area contributed by atoms with Crippen molar-refractivity contribution in [2.45, 2.75) is 39.7 Å². The Morgan fingerprint density at radius 2 is 1.52 bits per heavy atom. The summed E-state index contributed by atoms with van der Waals surface area (Å²) >= 11 is 0. The van der Waals surface area contributed by atoms with E-state index >= 15 is 0 Å². The molecule has 0 saturated carbocycles. The Morgan fingerprint density at radius 1 is 0.963 bits per heavy atom. The predicted molar refractivity (Wildman–Crippen MR) is 111 cm³/mol. The lowest BCUT2D eigenvalue weighted by molar-refractivity contribution is 0.0708. The van der Waals surface area contributed by atoms with Crippen LogP contribution < -0.4 is 10.6 Å². The molecule has 2 N–H and O–H groups in total. The van der Waals surface area contributed by atoms with Crippen LogP contribution in [0, 0.1) is 0 Å². The van der Waals surface area contributed by atoms with Crippen molar-refractivity contribution in [3.05, 3.63) is 31.1 Å². The van der Waals surface area contributed by atoms with Crippen LogP contribution in [0.3, 0.4) is 0 Å². The number of nitrogen functional groups attached to an aromatic ring is 1. The SMILES string of the molecule is C=CCN(CC=C)c1nc(N)nc(CCC[Si](OCC)(OCC)OCC)n1. The van der Waals surface area contributed by atoms with Gasteiger partial charge in [0.15, 0.2) is 0 Å². The molecule has 8 nitrogen and oxygen atoms in total. The number of hydrogen-bond acceptors (Lipinski definition) is 8. The molecule has 0 unspecified atom stereocenters. The summed E-state index contributed by atoms with van der Waals surface area (Å²) in [6, 6.07) is 0.701. The Labute approximate surface area is 163 Å². The summed E-state index contributed by atoms with van der Waals surface area (Å²) in [6.45, 7) is 16.3. The second-order valence-electron chi connectivity index (χ2n) is 5.73. The molecule has 0 fully saturated rings. The minimum Gasteiger partial charge on any atom is -0.374 e. The molecule has 9 heteroatoms. The number of rotatable bonds is 15. The van der Waals surface area contributed by atoms with E-state index in [0.717, 1.165) is 6.42 Å². The van der Waals surface area contributed by atoms with Gasteiger partial charge in [-0.1, -0.05) is 12.2 Å². The first-order chi connectivity index (χ1) is 13.0. The molecular formula is C18H33N5O3Si. The highest BCUT2D eigenvalue weighted by Gasteiger charge is 2.39. The van der Waals surface area contributed by atoms with Gasteiger partial charge in [-0.15, -0.1) is 13.2 Å². The Hall–Kier alpha value is -1.81. The second kappa shape index (κ2) is 12.6. The maximum Gasteiger partial charge on any atom is 0.500 e. The molecule has 0 aliphatic rings. The predicted octanol–water partition coefficient (Wildman–Crippen LogP) is 2.61. The van der Waals surface area contributed by atoms with E-state index in [1.807, 2.05) is 25.7 Å². The third-order valence-electron chi connectivity index (χ3n) is 3.65. The molecule has 0 aliphatic heterocycles. The fourth-order valence-corrected chi connectivity index (χ4v) is 5.30. The standard InChI is InChI=1S/C18H33N5O3Si/c1-6-13-23(14-7-2)18-21-16(20-17(19)22-18)12-11-15-27(24-8-3,25-9-4)26-10-5/h6-7H,1-2,8-15H2,3-5H3,(H2,19,20,21,22). The average molecular weight is 396 g/mol. The summed E-state index contributed by atoms with van der Waals surface area (Å²) in [5.41, 5.74) is 5.88. The summed E-state index contributed by atoms with van der Waals surface area (Å²) in [5.74, 6) is 1.37. The normalized spacial score (nSPS) is 11.4. The van der Waals surface area contributed by atoms with Crippen molar-refractivity contribution in [2.75, 3.05) is 43.5 Å². The molecule has 152 valence electrons. The highest BCUT2D eigenvalue weighted by molar-refractivity contribution is 6.60. The first-order valence-corrected chi connectivity index (χ1v) is 11.4. The Kier molecular flexibility index (Phi) is 10.8. The van der Waals surface area contributed by atoms with E-state index < -0.39 is 8.80 Å². The Morgan fingerprint density at radius 3 is 2.00 bits per heavy atom. The molecule has 1 rings (SSSR count). The molecule has 0 spiro atoms. The van der Waals surface area contributed by atoms with Crippen molar-refractivity contribution in [3.8, 4) is 0 Å². The van der Waals surface area contributed by atoms with Gasteiger partial charge in [-0.3, -0.25) is 0 Å². The van der Waals surface area contributed by atoms with Gasteiger partial charge in [0.25, 0.3) is 0 Å². The lowest BCUT2D eigenvalue weighted by atomic mass is 10.3. The fraction of sp³-hybridized carbons (Fsp3) is 0.611. The summed E-state index contributed by atoms with van der Waals surface area (Å²) < 4.78 is 17.7. The van der Waals surface area contributed by atoms with Gasteiger partial charge < -0.3 is 23.9 Å². The molecule has 0 saturated heterocycles. The fourth-order valence-electron chi connectivity index (χ4n) is 2.69. The number of nitrogens with two attached hydrogens (primary N) is 1. The van der Waals surface area contributed by atoms with E-state index in [2.05, 4.69) is 28.1 Å². The molecule has 0 radical (unpaired) electrons. The number of nitrogens with zero attached hydrogens (tertiary/aromatic N) is 4. The van der Waals surface area contributed by atoms with Crippen LogP contribution in [-0.4, -0.2) is 56.7 Å². The molecule has 0 aromatic carbocycles. The summed E-state index contributed by atoms with van der Waals surface area (Å²) in [7, 11) is -2.66. The monoisotopic (exact) mass is 395 g/mol. The van der Waals surface area contributed by atoms with Gasteiger partial charge in [-0.25, -0.2) is 0 Å². The van der Waals surface area contributed by atoms with Gasteiger partial charge in [-0.2, -0.15) is 15.0 Å². The van der Waals surface area contributed by atoms with Crippen molar-refractivity contribution in [2.24, 2.45) is 0 Å². The topological polar surface area (TPSA) is 95.6 Å². The highest BCUT2D eigenvalue weighted by Crippen LogP contribution is 2.20. The van der Waals surface area contributed by atoms with Crippen LogP contribution in [0.2, 0.25) is 6.04 Å². The minimum absolute atomic E-state index is 0.205. The molecular weight excluding hydrogens is 362 g/mol. The molecule has 1 aromatic heterocycles. The molecule has 1 aromatic rings. The minimum atomic E-state index is -2.66. The van der Waals surface area contributed by atoms with Crippen LogP contribution in [-0.2, 0) is 19.7 Å². The van der Waals surface area contributed by atoms with Crippen molar-refractivity contribution < 1.29 is 13.3 Å². The van der Waals surface area contributed by atoms with E-state index in [4.69, 9.17) is 19.0 Å². The van der Waals surface area contributed by atoms with Crippen LogP contribution in [0.4, 0.5) is 11.9 Å². The Balaban J connectivity index is 2.85. The first-order valence-electron chi connectivity index (χ1n) is 9.43. The lowest BCUT2D eigenvalue weighted by Gasteiger charge is -2.28. The van der Waals surface area contributed by atoms with Crippen molar-refractivity contribution in [1.29, 1.82) is 0 Å². The molecule has 27 heavy (non-hydrogen) atoms. The van der Waals surface area contributed by atoms with Crippen LogP contribution in [0.15, 0.2) is 25.3 Å². The largest absolute Gasteiger partial charge is 0.500 e. The molecule has 0 amide bonds. The zero-order valence-electron chi connectivity index (χ0n) is 16.8. The summed E-state index contributed by atoms with van der Waals surface area (Å²) in [5, 5.41) is 0. The zero-order chi connectivity index (χ0) is 20.1. The van der Waals surface area contributed by atoms with E-state index in [9.17, 15) is 0 Å². The van der Waals surface area contributed by atoms with E-state index in [-0.39, 0.29) is 5.95 Å². The van der Waals surface area contributed by atoms with Gasteiger partial charge >= 0.3 is 8.80 Å². The first kappa shape index (κ1) is 23.2. The van der Waals surface area contributed by atoms with Crippen molar-refractivity contribution >= 4 is 20.7 Å². The molecule has 0 atom stereocenters. The van der Waals surface area contributed by atoms with E-state index in [0.29, 0.717) is 57.1 Å². The highest BCUT2D eigenvalue weighted by atomic mass is 28.4. The average Bonchev–Trinajstić information content (AvgIpc) is 2.62. The molecule has 0 aliphatic carbocycles. The maximum atomic E-state index is 5.88. The van der Waals surface area contributed by atoms with Crippen LogP contribution in [0.25, 0.3) is 0 Å². The van der Waals surface area contributed by atoms with E-state index in [1.54, 1.807) is 12.2 Å². The van der Waals surface area contributed by atoms with Crippen molar-refractivity contribution in [3.63, 3.8) is 0 Å². The Bertz CT molecular complexity index is 561. The number of aryl methyl sites for hydroxylation is 1. The number of hydrogen-bond donors (Lipinski definition) is 1. The summed E-state index contributed by atoms with van der Waals surface area (Å²) in [6.07, 6.45) is 4.99. The molecule has 0 bridgehead atoms. The van der Waals surface area contributed by atoms with Crippen LogP contribution >= 0.6 is 0 Å². The summed E-state index contributed by atoms with van der Waals surface area (Å²) in [4.78, 5) is 15.0. The van der Waals surface area contributed by atoms with Gasteiger partial charge in [0.1, 0.15) is 5.82 Å². The van der Waals surface area contributed by atoms with Crippen LogP contribution in [0.1, 0.15) is 33.0 Å². The number of aromatic nitrogens is 3. The van der Waals surface area contributed by atoms with Crippen molar-refractivity contribution in [1.82, 2.24) is 15.0 Å². The van der Waals surface area contributed by atoms with Gasteiger partial charge in [0.2, 0.25) is 11.9 Å². The quantitative estimate of drug-likeness (QED) is 0.358. The van der Waals surface area contributed by atoms with E-state index in [1.165, 1.54) is 0 Å². The third-order valence-corrected chi connectivity index (χ3v) is 6.80. The van der Waals surface area contributed by atoms with Gasteiger partial charge in [0.05, 0.1) is 0 Å². The van der Waals surface area contributed by atoms with Gasteiger partial charge in [0, 0.05) is 45.4 Å². The zero-order valence-corrected chi connectivity index (χ0v) is 17.8. The van der Waals surface area contributed by atoms with Crippen LogP contribution in [0.5, 0.6) is 0 Å². The number of anilines is 2. The van der Waals surface area contributed by atoms with Gasteiger partial charge in [-0.05, 0) is 27.2 Å². The third kappa shape index (κ3) is 7.75. The maximum absolute atomic E-state index is 5.88. The second-order valence-corrected chi connectivity index (χ2v) is 8.46.